The largest absolute Gasteiger partial charge is 0.472 e. The van der Waals surface area contributed by atoms with E-state index in [0.29, 0.717) is 12.5 Å². The van der Waals surface area contributed by atoms with Gasteiger partial charge in [-0.1, -0.05) is 34.1 Å². The van der Waals surface area contributed by atoms with Gasteiger partial charge in [-0.15, -0.1) is 11.3 Å². The smallest absolute Gasteiger partial charge is 0.227 e. The second kappa shape index (κ2) is 5.38. The molecule has 0 spiro atoms. The first kappa shape index (κ1) is 13.3. The van der Waals surface area contributed by atoms with Gasteiger partial charge in [0.2, 0.25) is 11.8 Å². The molecule has 2 heterocycles. The Morgan fingerprint density at radius 2 is 2.10 bits per heavy atom. The molecule has 0 fully saturated rings. The van der Waals surface area contributed by atoms with Gasteiger partial charge in [-0.2, -0.15) is 4.98 Å². The molecule has 0 radical (unpaired) electrons. The number of anilines is 1. The standard InChI is InChI=1S/C14H12BrN3OS/c1-8-6-10-12(17-14(16)18-13(10)20-8)19-7-9-4-2-3-5-11(9)15/h2-6H,7H2,1H3,(H2,16,17,18). The monoisotopic (exact) mass is 349 g/mol. The first-order chi connectivity index (χ1) is 9.63. The number of hydrogen-bond acceptors (Lipinski definition) is 5. The maximum absolute atomic E-state index is 5.83. The highest BCUT2D eigenvalue weighted by atomic mass is 79.9. The number of ether oxygens (including phenoxy) is 1. The van der Waals surface area contributed by atoms with Crippen molar-refractivity contribution >= 4 is 43.4 Å². The zero-order valence-electron chi connectivity index (χ0n) is 10.8. The zero-order valence-corrected chi connectivity index (χ0v) is 13.2. The van der Waals surface area contributed by atoms with Gasteiger partial charge in [0.05, 0.1) is 5.39 Å². The molecule has 3 rings (SSSR count). The predicted octanol–water partition coefficient (Wildman–Crippen LogP) is 3.92. The Morgan fingerprint density at radius 1 is 1.30 bits per heavy atom. The molecule has 1 aromatic carbocycles. The summed E-state index contributed by atoms with van der Waals surface area (Å²) in [7, 11) is 0. The number of thiophene rings is 1. The normalized spacial score (nSPS) is 10.9. The van der Waals surface area contributed by atoms with E-state index in [4.69, 9.17) is 10.5 Å². The Labute approximate surface area is 128 Å². The van der Waals surface area contributed by atoms with E-state index < -0.39 is 0 Å². The number of aryl methyl sites for hydroxylation is 1. The van der Waals surface area contributed by atoms with Gasteiger partial charge >= 0.3 is 0 Å². The topological polar surface area (TPSA) is 61.0 Å². The average Bonchev–Trinajstić information content (AvgIpc) is 2.77. The predicted molar refractivity (Wildman–Crippen MR) is 85.0 cm³/mol. The molecule has 4 nitrogen and oxygen atoms in total. The molecule has 102 valence electrons. The molecule has 0 atom stereocenters. The van der Waals surface area contributed by atoms with Crippen molar-refractivity contribution in [2.45, 2.75) is 13.5 Å². The summed E-state index contributed by atoms with van der Waals surface area (Å²) in [6, 6.07) is 9.95. The first-order valence-corrected chi connectivity index (χ1v) is 7.64. The van der Waals surface area contributed by atoms with Crippen LogP contribution in [0.5, 0.6) is 5.88 Å². The second-order valence-corrected chi connectivity index (χ2v) is 6.43. The average molecular weight is 350 g/mol. The number of rotatable bonds is 3. The van der Waals surface area contributed by atoms with Gasteiger partial charge in [0.15, 0.2) is 0 Å². The van der Waals surface area contributed by atoms with Crippen LogP contribution in [0.25, 0.3) is 10.2 Å². The maximum Gasteiger partial charge on any atom is 0.227 e. The summed E-state index contributed by atoms with van der Waals surface area (Å²) in [6.45, 7) is 2.46. The van der Waals surface area contributed by atoms with Crippen molar-refractivity contribution in [2.75, 3.05) is 5.73 Å². The Balaban J connectivity index is 1.93. The fourth-order valence-corrected chi connectivity index (χ4v) is 3.18. The summed E-state index contributed by atoms with van der Waals surface area (Å²) in [5.41, 5.74) is 6.79. The van der Waals surface area contributed by atoms with E-state index in [-0.39, 0.29) is 5.95 Å². The summed E-state index contributed by atoms with van der Waals surface area (Å²) in [4.78, 5) is 10.4. The van der Waals surface area contributed by atoms with Gasteiger partial charge in [-0.3, -0.25) is 0 Å². The van der Waals surface area contributed by atoms with Crippen molar-refractivity contribution in [3.05, 3.63) is 45.2 Å². The Hall–Kier alpha value is -1.66. The Morgan fingerprint density at radius 3 is 2.90 bits per heavy atom. The van der Waals surface area contributed by atoms with Crippen LogP contribution in [0.15, 0.2) is 34.8 Å². The summed E-state index contributed by atoms with van der Waals surface area (Å²) in [5.74, 6) is 0.772. The minimum Gasteiger partial charge on any atom is -0.472 e. The second-order valence-electron chi connectivity index (χ2n) is 4.34. The third kappa shape index (κ3) is 2.62. The Kier molecular flexibility index (Phi) is 3.58. The van der Waals surface area contributed by atoms with Gasteiger partial charge < -0.3 is 10.5 Å². The van der Waals surface area contributed by atoms with Crippen molar-refractivity contribution in [1.82, 2.24) is 9.97 Å². The van der Waals surface area contributed by atoms with E-state index >= 15 is 0 Å². The van der Waals surface area contributed by atoms with E-state index in [9.17, 15) is 0 Å². The number of halogens is 1. The molecule has 2 aromatic heterocycles. The summed E-state index contributed by atoms with van der Waals surface area (Å²) >= 11 is 5.09. The molecule has 0 aliphatic heterocycles. The summed E-state index contributed by atoms with van der Waals surface area (Å²) in [5, 5.41) is 0.911. The fourth-order valence-electron chi connectivity index (χ4n) is 1.90. The number of hydrogen-bond donors (Lipinski definition) is 1. The number of fused-ring (bicyclic) bond motifs is 1. The van der Waals surface area contributed by atoms with E-state index in [1.54, 1.807) is 11.3 Å². The molecule has 0 saturated carbocycles. The highest BCUT2D eigenvalue weighted by Crippen LogP contribution is 2.31. The molecule has 3 aromatic rings. The SMILES string of the molecule is Cc1cc2c(OCc3ccccc3Br)nc(N)nc2s1. The highest BCUT2D eigenvalue weighted by Gasteiger charge is 2.11. The number of benzene rings is 1. The highest BCUT2D eigenvalue weighted by molar-refractivity contribution is 9.10. The van der Waals surface area contributed by atoms with Crippen LogP contribution < -0.4 is 10.5 Å². The van der Waals surface area contributed by atoms with Crippen LogP contribution in [-0.2, 0) is 6.61 Å². The van der Waals surface area contributed by atoms with Crippen LogP contribution in [0.1, 0.15) is 10.4 Å². The number of nitrogen functional groups attached to an aromatic ring is 1. The molecular formula is C14H12BrN3OS. The Bertz CT molecular complexity index is 772. The van der Waals surface area contributed by atoms with E-state index in [0.717, 1.165) is 25.1 Å². The third-order valence-corrected chi connectivity index (χ3v) is 4.54. The fraction of sp³-hybridized carbons (Fsp3) is 0.143. The van der Waals surface area contributed by atoms with Gasteiger partial charge in [0.1, 0.15) is 11.4 Å². The lowest BCUT2D eigenvalue weighted by atomic mass is 10.2. The molecule has 0 aliphatic rings. The number of aromatic nitrogens is 2. The molecule has 0 unspecified atom stereocenters. The van der Waals surface area contributed by atoms with Gasteiger partial charge in [-0.05, 0) is 19.1 Å². The minimum atomic E-state index is 0.237. The summed E-state index contributed by atoms with van der Waals surface area (Å²) in [6.07, 6.45) is 0. The van der Waals surface area contributed by atoms with E-state index in [1.807, 2.05) is 37.3 Å². The van der Waals surface area contributed by atoms with Crippen molar-refractivity contribution < 1.29 is 4.74 Å². The number of nitrogens with two attached hydrogens (primary N) is 1. The summed E-state index contributed by atoms with van der Waals surface area (Å²) < 4.78 is 6.84. The molecule has 0 saturated heterocycles. The van der Waals surface area contributed by atoms with Crippen LogP contribution in [0.3, 0.4) is 0 Å². The van der Waals surface area contributed by atoms with Crippen LogP contribution >= 0.6 is 27.3 Å². The van der Waals surface area contributed by atoms with Crippen LogP contribution in [-0.4, -0.2) is 9.97 Å². The molecular weight excluding hydrogens is 338 g/mol. The van der Waals surface area contributed by atoms with E-state index in [2.05, 4.69) is 25.9 Å². The van der Waals surface area contributed by atoms with Crippen molar-refractivity contribution in [2.24, 2.45) is 0 Å². The third-order valence-electron chi connectivity index (χ3n) is 2.82. The van der Waals surface area contributed by atoms with Gasteiger partial charge in [0, 0.05) is 14.9 Å². The van der Waals surface area contributed by atoms with Gasteiger partial charge in [0.25, 0.3) is 0 Å². The quantitative estimate of drug-likeness (QED) is 0.778. The molecule has 6 heteroatoms. The van der Waals surface area contributed by atoms with Gasteiger partial charge in [-0.25, -0.2) is 4.98 Å². The van der Waals surface area contributed by atoms with Crippen LogP contribution in [0.4, 0.5) is 5.95 Å². The molecule has 0 aliphatic carbocycles. The maximum atomic E-state index is 5.83. The van der Waals surface area contributed by atoms with Crippen molar-refractivity contribution in [1.29, 1.82) is 0 Å². The number of nitrogens with zero attached hydrogens (tertiary/aromatic N) is 2. The molecule has 0 bridgehead atoms. The first-order valence-electron chi connectivity index (χ1n) is 6.03. The lowest BCUT2D eigenvalue weighted by molar-refractivity contribution is 0.297. The molecule has 0 amide bonds. The van der Waals surface area contributed by atoms with Crippen LogP contribution in [0.2, 0.25) is 0 Å². The molecule has 2 N–H and O–H groups in total. The zero-order chi connectivity index (χ0) is 14.1. The lowest BCUT2D eigenvalue weighted by Gasteiger charge is -2.08. The lowest BCUT2D eigenvalue weighted by Crippen LogP contribution is -2.01. The molecule has 20 heavy (non-hydrogen) atoms. The minimum absolute atomic E-state index is 0.237. The van der Waals surface area contributed by atoms with Crippen molar-refractivity contribution in [3.63, 3.8) is 0 Å². The van der Waals surface area contributed by atoms with E-state index in [1.165, 1.54) is 0 Å². The van der Waals surface area contributed by atoms with Crippen LogP contribution in [0, 0.1) is 6.92 Å². The van der Waals surface area contributed by atoms with Crippen molar-refractivity contribution in [3.8, 4) is 5.88 Å².